The molecule has 0 aliphatic carbocycles. The van der Waals surface area contributed by atoms with Crippen LogP contribution in [0.5, 0.6) is 17.2 Å². The van der Waals surface area contributed by atoms with Gasteiger partial charge in [-0.1, -0.05) is 65.8 Å². The largest absolute Gasteiger partial charge is 0.496 e. The zero-order chi connectivity index (χ0) is 28.1. The first-order valence-electron chi connectivity index (χ1n) is 12.2. The van der Waals surface area contributed by atoms with Gasteiger partial charge in [-0.3, -0.25) is 15.0 Å². The van der Waals surface area contributed by atoms with Crippen molar-refractivity contribution in [3.8, 4) is 17.2 Å². The highest BCUT2D eigenvalue weighted by Crippen LogP contribution is 2.40. The molecule has 3 aromatic carbocycles. The molecule has 5 rings (SSSR count). The van der Waals surface area contributed by atoms with E-state index in [1.165, 1.54) is 25.3 Å². The van der Waals surface area contributed by atoms with Crippen molar-refractivity contribution in [2.24, 2.45) is 5.10 Å². The molecule has 2 heterocycles. The summed E-state index contributed by atoms with van der Waals surface area (Å²) in [5, 5.41) is 14.6. The van der Waals surface area contributed by atoms with E-state index < -0.39 is 17.5 Å². The Hall–Kier alpha value is -5.39. The summed E-state index contributed by atoms with van der Waals surface area (Å²) in [5.74, 6) is 1.15. The average Bonchev–Trinajstić information content (AvgIpc) is 3.54. The summed E-state index contributed by atoms with van der Waals surface area (Å²) in [4.78, 5) is 27.9. The Morgan fingerprint density at radius 1 is 0.925 bits per heavy atom. The fourth-order valence-electron chi connectivity index (χ4n) is 4.63. The van der Waals surface area contributed by atoms with Crippen molar-refractivity contribution in [3.63, 3.8) is 0 Å². The van der Waals surface area contributed by atoms with Crippen molar-refractivity contribution < 1.29 is 28.2 Å². The van der Waals surface area contributed by atoms with Gasteiger partial charge in [0.25, 0.3) is 5.91 Å². The number of amides is 3. The van der Waals surface area contributed by atoms with Gasteiger partial charge in [0.2, 0.25) is 5.89 Å². The standard InChI is InChI=1S/C28H26N6O6/c1-37-20-14-22(38-2)21(23(15-20)39-3)16-29-32-26-33-31-24(40-26)17-34-27(36)30-25(35)28(34,18-10-6-4-7-11-18)19-12-8-5-9-13-19/h4-16H,17H2,1-3H3,(H,32,33)(H,30,35,36)/b29-16+. The van der Waals surface area contributed by atoms with E-state index in [2.05, 4.69) is 26.0 Å². The molecule has 1 fully saturated rings. The Balaban J connectivity index is 1.41. The number of hydrogen-bond donors (Lipinski definition) is 2. The van der Waals surface area contributed by atoms with Gasteiger partial charge < -0.3 is 18.6 Å². The molecule has 0 radical (unpaired) electrons. The van der Waals surface area contributed by atoms with Crippen molar-refractivity contribution in [1.29, 1.82) is 0 Å². The van der Waals surface area contributed by atoms with E-state index in [1.807, 2.05) is 36.4 Å². The maximum Gasteiger partial charge on any atom is 0.336 e. The van der Waals surface area contributed by atoms with Gasteiger partial charge in [0.05, 0.1) is 33.1 Å². The highest BCUT2D eigenvalue weighted by Gasteiger charge is 2.55. The molecule has 40 heavy (non-hydrogen) atoms. The van der Waals surface area contributed by atoms with Crippen LogP contribution in [0.25, 0.3) is 0 Å². The lowest BCUT2D eigenvalue weighted by Crippen LogP contribution is -2.47. The van der Waals surface area contributed by atoms with Crippen LogP contribution in [0.4, 0.5) is 10.8 Å². The van der Waals surface area contributed by atoms with Crippen molar-refractivity contribution in [3.05, 3.63) is 95.4 Å². The predicted molar refractivity (Wildman–Crippen MR) is 144 cm³/mol. The number of nitrogens with zero attached hydrogens (tertiary/aromatic N) is 4. The fraction of sp³-hybridized carbons (Fsp3) is 0.179. The number of nitrogens with one attached hydrogen (secondary N) is 2. The molecule has 0 saturated carbocycles. The highest BCUT2D eigenvalue weighted by molar-refractivity contribution is 6.09. The molecule has 3 amide bonds. The third kappa shape index (κ3) is 4.66. The Bertz CT molecular complexity index is 1470. The van der Waals surface area contributed by atoms with Crippen LogP contribution in [0.2, 0.25) is 0 Å². The van der Waals surface area contributed by atoms with E-state index in [-0.39, 0.29) is 18.5 Å². The number of carbonyl (C=O) groups excluding carboxylic acids is 2. The zero-order valence-electron chi connectivity index (χ0n) is 22.0. The third-order valence-corrected chi connectivity index (χ3v) is 6.45. The predicted octanol–water partition coefficient (Wildman–Crippen LogP) is 3.54. The van der Waals surface area contributed by atoms with Crippen LogP contribution in [0.15, 0.2) is 82.3 Å². The van der Waals surface area contributed by atoms with Gasteiger partial charge in [-0.15, -0.1) is 5.10 Å². The first-order chi connectivity index (χ1) is 19.5. The van der Waals surface area contributed by atoms with Crippen molar-refractivity contribution >= 4 is 24.2 Å². The quantitative estimate of drug-likeness (QED) is 0.175. The van der Waals surface area contributed by atoms with Crippen LogP contribution in [-0.2, 0) is 16.9 Å². The van der Waals surface area contributed by atoms with Crippen LogP contribution in [0, 0.1) is 0 Å². The molecule has 1 aliphatic rings. The summed E-state index contributed by atoms with van der Waals surface area (Å²) in [6.07, 6.45) is 1.48. The van der Waals surface area contributed by atoms with Crippen LogP contribution < -0.4 is 25.0 Å². The van der Waals surface area contributed by atoms with Crippen LogP contribution >= 0.6 is 0 Å². The summed E-state index contributed by atoms with van der Waals surface area (Å²) in [5.41, 5.74) is 3.04. The van der Waals surface area contributed by atoms with E-state index in [1.54, 1.807) is 43.5 Å². The number of carbonyl (C=O) groups is 2. The lowest BCUT2D eigenvalue weighted by atomic mass is 9.81. The second-order valence-corrected chi connectivity index (χ2v) is 8.60. The molecule has 2 N–H and O–H groups in total. The van der Waals surface area contributed by atoms with E-state index in [4.69, 9.17) is 18.6 Å². The number of aromatic nitrogens is 2. The van der Waals surface area contributed by atoms with Gasteiger partial charge in [-0.05, 0) is 11.1 Å². The molecule has 204 valence electrons. The Kier molecular flexibility index (Phi) is 7.31. The fourth-order valence-corrected chi connectivity index (χ4v) is 4.63. The van der Waals surface area contributed by atoms with Crippen molar-refractivity contribution in [1.82, 2.24) is 20.4 Å². The second-order valence-electron chi connectivity index (χ2n) is 8.60. The number of ether oxygens (including phenoxy) is 3. The van der Waals surface area contributed by atoms with Gasteiger partial charge in [0.1, 0.15) is 23.8 Å². The van der Waals surface area contributed by atoms with E-state index >= 15 is 0 Å². The van der Waals surface area contributed by atoms with E-state index in [9.17, 15) is 9.59 Å². The molecule has 0 bridgehead atoms. The highest BCUT2D eigenvalue weighted by atomic mass is 16.5. The lowest BCUT2D eigenvalue weighted by molar-refractivity contribution is -0.125. The topological polar surface area (TPSA) is 140 Å². The lowest BCUT2D eigenvalue weighted by Gasteiger charge is -2.35. The molecule has 0 unspecified atom stereocenters. The number of urea groups is 1. The molecule has 0 atom stereocenters. The zero-order valence-corrected chi connectivity index (χ0v) is 22.0. The van der Waals surface area contributed by atoms with Gasteiger partial charge in [0.15, 0.2) is 5.54 Å². The number of benzene rings is 3. The maximum absolute atomic E-state index is 13.4. The van der Waals surface area contributed by atoms with Gasteiger partial charge in [-0.2, -0.15) is 5.10 Å². The molecule has 1 aromatic heterocycles. The van der Waals surface area contributed by atoms with Crippen molar-refractivity contribution in [2.75, 3.05) is 26.8 Å². The number of imide groups is 1. The van der Waals surface area contributed by atoms with Gasteiger partial charge in [-0.25, -0.2) is 10.2 Å². The minimum absolute atomic E-state index is 0.0198. The summed E-state index contributed by atoms with van der Waals surface area (Å²) >= 11 is 0. The summed E-state index contributed by atoms with van der Waals surface area (Å²) in [6, 6.07) is 20.9. The van der Waals surface area contributed by atoms with Crippen molar-refractivity contribution in [2.45, 2.75) is 12.1 Å². The smallest absolute Gasteiger partial charge is 0.336 e. The molecule has 12 heteroatoms. The van der Waals surface area contributed by atoms with E-state index in [0.29, 0.717) is 33.9 Å². The third-order valence-electron chi connectivity index (χ3n) is 6.45. The van der Waals surface area contributed by atoms with Crippen LogP contribution in [0.1, 0.15) is 22.6 Å². The monoisotopic (exact) mass is 542 g/mol. The van der Waals surface area contributed by atoms with Crippen LogP contribution in [0.3, 0.4) is 0 Å². The number of hydrogen-bond acceptors (Lipinski definition) is 10. The minimum atomic E-state index is -1.43. The number of hydrazone groups is 1. The summed E-state index contributed by atoms with van der Waals surface area (Å²) < 4.78 is 21.8. The molecule has 4 aromatic rings. The first-order valence-corrected chi connectivity index (χ1v) is 12.2. The second kappa shape index (κ2) is 11.2. The SMILES string of the molecule is COc1cc(OC)c(/C=N/Nc2nnc(CN3C(=O)NC(=O)C3(c3ccccc3)c3ccccc3)o2)c(OC)c1. The Morgan fingerprint density at radius 3 is 2.08 bits per heavy atom. The van der Waals surface area contributed by atoms with Gasteiger partial charge >= 0.3 is 12.0 Å². The number of anilines is 1. The summed E-state index contributed by atoms with van der Waals surface area (Å²) in [7, 11) is 4.59. The summed E-state index contributed by atoms with van der Waals surface area (Å²) in [6.45, 7) is -0.139. The molecular formula is C28H26N6O6. The average molecular weight is 543 g/mol. The molecular weight excluding hydrogens is 516 g/mol. The number of rotatable bonds is 10. The van der Waals surface area contributed by atoms with Gasteiger partial charge in [0, 0.05) is 12.1 Å². The molecule has 1 saturated heterocycles. The molecule has 0 spiro atoms. The number of methoxy groups -OCH3 is 3. The maximum atomic E-state index is 13.4. The Labute approximate surface area is 229 Å². The molecule has 1 aliphatic heterocycles. The minimum Gasteiger partial charge on any atom is -0.496 e. The van der Waals surface area contributed by atoms with E-state index in [0.717, 1.165) is 0 Å². The van der Waals surface area contributed by atoms with Crippen LogP contribution in [-0.4, -0.2) is 54.6 Å². The Morgan fingerprint density at radius 2 is 1.52 bits per heavy atom. The molecule has 12 nitrogen and oxygen atoms in total. The normalized spacial score (nSPS) is 14.3. The first kappa shape index (κ1) is 26.2.